The fourth-order valence-electron chi connectivity index (χ4n) is 1.84. The maximum absolute atomic E-state index is 12.3. The van der Waals surface area contributed by atoms with Gasteiger partial charge in [-0.1, -0.05) is 0 Å². The minimum absolute atomic E-state index is 0.0560. The van der Waals surface area contributed by atoms with Gasteiger partial charge in [0.25, 0.3) is 0 Å². The SMILES string of the molecule is Cc1cscc1C(=O)c1ccc2[nH]c(=O)oc2c1. The molecule has 0 saturated carbocycles. The molecular formula is C13H9NO3S. The Morgan fingerprint density at radius 2 is 2.17 bits per heavy atom. The summed E-state index contributed by atoms with van der Waals surface area (Å²) in [5.74, 6) is -0.569. The number of thiophene rings is 1. The van der Waals surface area contributed by atoms with Crippen LogP contribution in [0, 0.1) is 6.92 Å². The molecule has 0 bridgehead atoms. The Kier molecular flexibility index (Phi) is 2.41. The Bertz CT molecular complexity index is 794. The fraction of sp³-hybridized carbons (Fsp3) is 0.0769. The number of carbonyl (C=O) groups excluding carboxylic acids is 1. The molecule has 90 valence electrons. The molecule has 0 aliphatic heterocycles. The van der Waals surface area contributed by atoms with E-state index in [4.69, 9.17) is 4.42 Å². The highest BCUT2D eigenvalue weighted by Crippen LogP contribution is 2.20. The number of carbonyl (C=O) groups is 1. The lowest BCUT2D eigenvalue weighted by Crippen LogP contribution is -2.00. The summed E-state index contributed by atoms with van der Waals surface area (Å²) in [6.45, 7) is 1.90. The van der Waals surface area contributed by atoms with Crippen LogP contribution >= 0.6 is 11.3 Å². The molecule has 3 rings (SSSR count). The van der Waals surface area contributed by atoms with Crippen molar-refractivity contribution in [3.63, 3.8) is 0 Å². The molecule has 0 unspecified atom stereocenters. The Morgan fingerprint density at radius 1 is 1.33 bits per heavy atom. The maximum atomic E-state index is 12.3. The topological polar surface area (TPSA) is 63.1 Å². The minimum Gasteiger partial charge on any atom is -0.408 e. The molecule has 0 aliphatic rings. The van der Waals surface area contributed by atoms with Crippen molar-refractivity contribution in [1.82, 2.24) is 4.98 Å². The Hall–Kier alpha value is -2.14. The maximum Gasteiger partial charge on any atom is 0.417 e. The lowest BCUT2D eigenvalue weighted by Gasteiger charge is -1.99. The van der Waals surface area contributed by atoms with Crippen LogP contribution in [0.2, 0.25) is 0 Å². The molecule has 2 aromatic heterocycles. The Labute approximate surface area is 106 Å². The van der Waals surface area contributed by atoms with Crippen LogP contribution in [0.15, 0.2) is 38.2 Å². The molecule has 1 aromatic carbocycles. The number of oxazole rings is 1. The summed E-state index contributed by atoms with van der Waals surface area (Å²) in [7, 11) is 0. The zero-order chi connectivity index (χ0) is 12.7. The highest BCUT2D eigenvalue weighted by atomic mass is 32.1. The van der Waals surface area contributed by atoms with Crippen molar-refractivity contribution in [3.05, 3.63) is 56.2 Å². The van der Waals surface area contributed by atoms with Crippen LogP contribution in [0.5, 0.6) is 0 Å². The minimum atomic E-state index is -0.513. The predicted molar refractivity (Wildman–Crippen MR) is 69.3 cm³/mol. The zero-order valence-corrected chi connectivity index (χ0v) is 10.3. The van der Waals surface area contributed by atoms with Gasteiger partial charge in [0.2, 0.25) is 0 Å². The van der Waals surface area contributed by atoms with Gasteiger partial charge in [0, 0.05) is 16.5 Å². The van der Waals surface area contributed by atoms with E-state index in [0.717, 1.165) is 5.56 Å². The molecule has 1 N–H and O–H groups in total. The van der Waals surface area contributed by atoms with Gasteiger partial charge in [0.15, 0.2) is 11.4 Å². The van der Waals surface area contributed by atoms with E-state index in [1.165, 1.54) is 11.3 Å². The lowest BCUT2D eigenvalue weighted by atomic mass is 10.0. The summed E-state index contributed by atoms with van der Waals surface area (Å²) in [6.07, 6.45) is 0. The van der Waals surface area contributed by atoms with Gasteiger partial charge in [0.1, 0.15) is 0 Å². The van der Waals surface area contributed by atoms with E-state index >= 15 is 0 Å². The van der Waals surface area contributed by atoms with E-state index in [9.17, 15) is 9.59 Å². The van der Waals surface area contributed by atoms with E-state index in [2.05, 4.69) is 4.98 Å². The number of hydrogen-bond donors (Lipinski definition) is 1. The average molecular weight is 259 g/mol. The number of benzene rings is 1. The molecule has 5 heteroatoms. The normalized spacial score (nSPS) is 10.9. The first-order valence-corrected chi connectivity index (χ1v) is 6.30. The van der Waals surface area contributed by atoms with Gasteiger partial charge in [0.05, 0.1) is 5.52 Å². The number of H-pyrrole nitrogens is 1. The number of hydrogen-bond acceptors (Lipinski definition) is 4. The van der Waals surface area contributed by atoms with E-state index in [0.29, 0.717) is 22.2 Å². The van der Waals surface area contributed by atoms with Crippen molar-refractivity contribution in [2.45, 2.75) is 6.92 Å². The zero-order valence-electron chi connectivity index (χ0n) is 9.52. The number of ketones is 1. The van der Waals surface area contributed by atoms with E-state index < -0.39 is 5.76 Å². The summed E-state index contributed by atoms with van der Waals surface area (Å²) in [5.41, 5.74) is 3.17. The van der Waals surface area contributed by atoms with Gasteiger partial charge in [-0.2, -0.15) is 11.3 Å². The molecule has 4 nitrogen and oxygen atoms in total. The average Bonchev–Trinajstić information content (AvgIpc) is 2.91. The summed E-state index contributed by atoms with van der Waals surface area (Å²) < 4.78 is 4.95. The van der Waals surface area contributed by atoms with Crippen LogP contribution in [-0.4, -0.2) is 10.8 Å². The molecule has 0 aliphatic carbocycles. The second-order valence-electron chi connectivity index (χ2n) is 4.02. The first kappa shape index (κ1) is 11.0. The van der Waals surface area contributed by atoms with Gasteiger partial charge in [-0.05, 0) is 36.1 Å². The highest BCUT2D eigenvalue weighted by molar-refractivity contribution is 7.08. The smallest absolute Gasteiger partial charge is 0.408 e. The number of rotatable bonds is 2. The summed E-state index contributed by atoms with van der Waals surface area (Å²) in [6, 6.07) is 4.95. The molecule has 18 heavy (non-hydrogen) atoms. The standard InChI is InChI=1S/C13H9NO3S/c1-7-5-18-6-9(7)12(15)8-2-3-10-11(4-8)17-13(16)14-10/h2-6H,1H3,(H,14,16). The van der Waals surface area contributed by atoms with Crippen LogP contribution in [0.25, 0.3) is 11.1 Å². The van der Waals surface area contributed by atoms with Gasteiger partial charge < -0.3 is 4.42 Å². The van der Waals surface area contributed by atoms with Gasteiger partial charge in [-0.25, -0.2) is 4.79 Å². The van der Waals surface area contributed by atoms with Crippen LogP contribution in [0.1, 0.15) is 21.5 Å². The van der Waals surface area contributed by atoms with Crippen molar-refractivity contribution < 1.29 is 9.21 Å². The van der Waals surface area contributed by atoms with Gasteiger partial charge in [-0.15, -0.1) is 0 Å². The number of aromatic amines is 1. The quantitative estimate of drug-likeness (QED) is 0.720. The third-order valence-electron chi connectivity index (χ3n) is 2.78. The summed E-state index contributed by atoms with van der Waals surface area (Å²) >= 11 is 1.50. The molecule has 2 heterocycles. The molecule has 0 radical (unpaired) electrons. The van der Waals surface area contributed by atoms with E-state index in [-0.39, 0.29) is 5.78 Å². The monoisotopic (exact) mass is 259 g/mol. The third kappa shape index (κ3) is 1.69. The predicted octanol–water partition coefficient (Wildman–Crippen LogP) is 2.72. The lowest BCUT2D eigenvalue weighted by molar-refractivity contribution is 0.103. The molecule has 0 atom stereocenters. The number of aryl methyl sites for hydroxylation is 1. The number of nitrogens with one attached hydrogen (secondary N) is 1. The van der Waals surface area contributed by atoms with Crippen LogP contribution in [0.3, 0.4) is 0 Å². The van der Waals surface area contributed by atoms with Crippen molar-refractivity contribution in [2.75, 3.05) is 0 Å². The van der Waals surface area contributed by atoms with Crippen molar-refractivity contribution in [1.29, 1.82) is 0 Å². The second-order valence-corrected chi connectivity index (χ2v) is 4.77. The van der Waals surface area contributed by atoms with Crippen LogP contribution in [0.4, 0.5) is 0 Å². The largest absolute Gasteiger partial charge is 0.417 e. The molecular weight excluding hydrogens is 250 g/mol. The highest BCUT2D eigenvalue weighted by Gasteiger charge is 2.14. The first-order chi connectivity index (χ1) is 8.65. The van der Waals surface area contributed by atoms with Crippen molar-refractivity contribution in [3.8, 4) is 0 Å². The van der Waals surface area contributed by atoms with Crippen LogP contribution in [-0.2, 0) is 0 Å². The summed E-state index contributed by atoms with van der Waals surface area (Å²) in [4.78, 5) is 25.8. The van der Waals surface area contributed by atoms with E-state index in [1.807, 2.05) is 17.7 Å². The molecule has 0 fully saturated rings. The fourth-order valence-corrected chi connectivity index (χ4v) is 2.66. The molecule has 0 spiro atoms. The molecule has 0 saturated heterocycles. The number of fused-ring (bicyclic) bond motifs is 1. The third-order valence-corrected chi connectivity index (χ3v) is 3.64. The Balaban J connectivity index is 2.12. The van der Waals surface area contributed by atoms with Crippen LogP contribution < -0.4 is 5.76 Å². The van der Waals surface area contributed by atoms with Crippen molar-refractivity contribution >= 4 is 28.2 Å². The number of aromatic nitrogens is 1. The first-order valence-electron chi connectivity index (χ1n) is 5.35. The van der Waals surface area contributed by atoms with Gasteiger partial charge >= 0.3 is 5.76 Å². The van der Waals surface area contributed by atoms with E-state index in [1.54, 1.807) is 18.2 Å². The Morgan fingerprint density at radius 3 is 2.89 bits per heavy atom. The van der Waals surface area contributed by atoms with Crippen molar-refractivity contribution in [2.24, 2.45) is 0 Å². The molecule has 3 aromatic rings. The second kappa shape index (κ2) is 3.96. The molecule has 0 amide bonds. The van der Waals surface area contributed by atoms with Gasteiger partial charge in [-0.3, -0.25) is 9.78 Å². The summed E-state index contributed by atoms with van der Waals surface area (Å²) in [5, 5.41) is 3.76.